The van der Waals surface area contributed by atoms with Gasteiger partial charge < -0.3 is 14.2 Å². The van der Waals surface area contributed by atoms with Crippen LogP contribution in [0.2, 0.25) is 0 Å². The molecule has 1 aliphatic rings. The highest BCUT2D eigenvalue weighted by molar-refractivity contribution is 6.01. The van der Waals surface area contributed by atoms with Crippen LogP contribution in [0.3, 0.4) is 0 Å². The van der Waals surface area contributed by atoms with Gasteiger partial charge in [0, 0.05) is 32.4 Å². The van der Waals surface area contributed by atoms with Gasteiger partial charge in [0.2, 0.25) is 0 Å². The minimum absolute atomic E-state index is 0.0605. The fourth-order valence-electron chi connectivity index (χ4n) is 2.68. The van der Waals surface area contributed by atoms with E-state index in [4.69, 9.17) is 4.74 Å². The predicted molar refractivity (Wildman–Crippen MR) is 82.4 cm³/mol. The second-order valence-electron chi connectivity index (χ2n) is 5.22. The van der Waals surface area contributed by atoms with Crippen LogP contribution in [0.15, 0.2) is 42.6 Å². The average Bonchev–Trinajstić information content (AvgIpc) is 2.83. The number of ether oxygens (including phenoxy) is 1. The van der Waals surface area contributed by atoms with Crippen molar-refractivity contribution in [3.8, 4) is 5.75 Å². The number of aromatic nitrogens is 1. The first kappa shape index (κ1) is 13.5. The van der Waals surface area contributed by atoms with Crippen molar-refractivity contribution in [3.63, 3.8) is 0 Å². The number of methoxy groups -OCH3 is 1. The summed E-state index contributed by atoms with van der Waals surface area (Å²) in [6.07, 6.45) is 4.03. The molecule has 0 unspecified atom stereocenters. The van der Waals surface area contributed by atoms with Crippen molar-refractivity contribution >= 4 is 11.5 Å². The highest BCUT2D eigenvalue weighted by Gasteiger charge is 2.24. The molecule has 0 fully saturated rings. The predicted octanol–water partition coefficient (Wildman–Crippen LogP) is 2.55. The normalized spacial score (nSPS) is 14.5. The molecule has 4 heteroatoms. The van der Waals surface area contributed by atoms with E-state index in [0.29, 0.717) is 6.54 Å². The zero-order valence-electron chi connectivity index (χ0n) is 12.5. The lowest BCUT2D eigenvalue weighted by Crippen LogP contribution is -2.25. The number of hydrogen-bond acceptors (Lipinski definition) is 2. The Morgan fingerprint density at radius 3 is 2.48 bits per heavy atom. The number of hydrogen-bond donors (Lipinski definition) is 0. The summed E-state index contributed by atoms with van der Waals surface area (Å²) in [5.41, 5.74) is 3.88. The summed E-state index contributed by atoms with van der Waals surface area (Å²) in [5, 5.41) is 0. The van der Waals surface area contributed by atoms with Gasteiger partial charge in [-0.15, -0.1) is 0 Å². The zero-order valence-corrected chi connectivity index (χ0v) is 12.5. The number of amides is 1. The quantitative estimate of drug-likeness (QED) is 0.848. The van der Waals surface area contributed by atoms with Crippen molar-refractivity contribution in [1.82, 2.24) is 9.47 Å². The van der Waals surface area contributed by atoms with Gasteiger partial charge in [-0.1, -0.05) is 18.2 Å². The van der Waals surface area contributed by atoms with Crippen LogP contribution >= 0.6 is 0 Å². The molecule has 0 spiro atoms. The third-order valence-electron chi connectivity index (χ3n) is 3.88. The standard InChI is InChI=1S/C17H18N2O2/c1-18-10-9-15-16(18)14(8-11-19(2)17(15)20)12-4-6-13(21-3)7-5-12/h4-10H,11H2,1-3H3. The van der Waals surface area contributed by atoms with Gasteiger partial charge in [-0.25, -0.2) is 0 Å². The molecule has 3 rings (SSSR count). The van der Waals surface area contributed by atoms with Gasteiger partial charge in [-0.2, -0.15) is 0 Å². The summed E-state index contributed by atoms with van der Waals surface area (Å²) < 4.78 is 7.21. The molecule has 1 aliphatic heterocycles. The first-order chi connectivity index (χ1) is 10.1. The molecule has 0 bridgehead atoms. The number of carbonyl (C=O) groups excluding carboxylic acids is 1. The van der Waals surface area contributed by atoms with Crippen LogP contribution < -0.4 is 4.74 Å². The smallest absolute Gasteiger partial charge is 0.256 e. The van der Waals surface area contributed by atoms with Crippen LogP contribution in [-0.2, 0) is 7.05 Å². The van der Waals surface area contributed by atoms with Crippen molar-refractivity contribution in [2.75, 3.05) is 20.7 Å². The lowest BCUT2D eigenvalue weighted by molar-refractivity contribution is 0.0811. The van der Waals surface area contributed by atoms with E-state index in [9.17, 15) is 4.79 Å². The molecule has 1 amide bonds. The molecule has 2 heterocycles. The maximum Gasteiger partial charge on any atom is 0.256 e. The number of benzene rings is 1. The van der Waals surface area contributed by atoms with Crippen molar-refractivity contribution in [2.45, 2.75) is 0 Å². The van der Waals surface area contributed by atoms with Crippen molar-refractivity contribution in [3.05, 3.63) is 59.4 Å². The molecule has 1 aromatic heterocycles. The number of aryl methyl sites for hydroxylation is 1. The molecule has 0 N–H and O–H groups in total. The van der Waals surface area contributed by atoms with E-state index in [1.807, 2.05) is 55.2 Å². The van der Waals surface area contributed by atoms with E-state index in [0.717, 1.165) is 28.1 Å². The van der Waals surface area contributed by atoms with Gasteiger partial charge in [0.05, 0.1) is 18.4 Å². The number of fused-ring (bicyclic) bond motifs is 1. The van der Waals surface area contributed by atoms with Crippen LogP contribution in [0.1, 0.15) is 21.6 Å². The van der Waals surface area contributed by atoms with Gasteiger partial charge >= 0.3 is 0 Å². The van der Waals surface area contributed by atoms with Gasteiger partial charge in [-0.05, 0) is 23.8 Å². The van der Waals surface area contributed by atoms with Crippen LogP contribution in [0.25, 0.3) is 5.57 Å². The fourth-order valence-corrected chi connectivity index (χ4v) is 2.68. The van der Waals surface area contributed by atoms with Crippen molar-refractivity contribution in [1.29, 1.82) is 0 Å². The minimum Gasteiger partial charge on any atom is -0.497 e. The Morgan fingerprint density at radius 2 is 1.81 bits per heavy atom. The lowest BCUT2D eigenvalue weighted by Gasteiger charge is -2.12. The van der Waals surface area contributed by atoms with E-state index < -0.39 is 0 Å². The summed E-state index contributed by atoms with van der Waals surface area (Å²) >= 11 is 0. The summed E-state index contributed by atoms with van der Waals surface area (Å²) in [4.78, 5) is 14.1. The van der Waals surface area contributed by atoms with E-state index in [2.05, 4.69) is 6.08 Å². The largest absolute Gasteiger partial charge is 0.497 e. The Bertz CT molecular complexity index is 711. The Labute approximate surface area is 124 Å². The minimum atomic E-state index is 0.0605. The molecule has 0 radical (unpaired) electrons. The van der Waals surface area contributed by atoms with Gasteiger partial charge in [0.25, 0.3) is 5.91 Å². The highest BCUT2D eigenvalue weighted by atomic mass is 16.5. The van der Waals surface area contributed by atoms with Crippen LogP contribution in [0.5, 0.6) is 5.75 Å². The molecule has 4 nitrogen and oxygen atoms in total. The number of rotatable bonds is 2. The first-order valence-electron chi connectivity index (χ1n) is 6.87. The zero-order chi connectivity index (χ0) is 15.0. The van der Waals surface area contributed by atoms with Gasteiger partial charge in [-0.3, -0.25) is 4.79 Å². The molecule has 0 saturated carbocycles. The average molecular weight is 282 g/mol. The monoisotopic (exact) mass is 282 g/mol. The third-order valence-corrected chi connectivity index (χ3v) is 3.88. The molecule has 2 aromatic rings. The van der Waals surface area contributed by atoms with Crippen LogP contribution in [0.4, 0.5) is 0 Å². The van der Waals surface area contributed by atoms with E-state index in [1.54, 1.807) is 12.0 Å². The van der Waals surface area contributed by atoms with E-state index in [1.165, 1.54) is 0 Å². The second-order valence-corrected chi connectivity index (χ2v) is 5.22. The summed E-state index contributed by atoms with van der Waals surface area (Å²) in [5.74, 6) is 0.888. The molecule has 21 heavy (non-hydrogen) atoms. The maximum atomic E-state index is 12.4. The lowest BCUT2D eigenvalue weighted by atomic mass is 10.00. The molecule has 108 valence electrons. The Morgan fingerprint density at radius 1 is 1.10 bits per heavy atom. The Hall–Kier alpha value is -2.49. The van der Waals surface area contributed by atoms with Crippen LogP contribution in [0, 0.1) is 0 Å². The van der Waals surface area contributed by atoms with E-state index in [-0.39, 0.29) is 5.91 Å². The maximum absolute atomic E-state index is 12.4. The van der Waals surface area contributed by atoms with Gasteiger partial charge in [0.1, 0.15) is 5.75 Å². The molecule has 1 aromatic carbocycles. The van der Waals surface area contributed by atoms with E-state index >= 15 is 0 Å². The second kappa shape index (κ2) is 5.13. The first-order valence-corrected chi connectivity index (χ1v) is 6.87. The van der Waals surface area contributed by atoms with Gasteiger partial charge in [0.15, 0.2) is 0 Å². The fraction of sp³-hybridized carbons (Fsp3) is 0.235. The van der Waals surface area contributed by atoms with Crippen LogP contribution in [-0.4, -0.2) is 36.1 Å². The molecule has 0 atom stereocenters. The van der Waals surface area contributed by atoms with Crippen molar-refractivity contribution in [2.24, 2.45) is 7.05 Å². The number of carbonyl (C=O) groups is 1. The number of likely N-dealkylation sites (N-methyl/N-ethyl adjacent to an activating group) is 1. The summed E-state index contributed by atoms with van der Waals surface area (Å²) in [7, 11) is 5.45. The summed E-state index contributed by atoms with van der Waals surface area (Å²) in [6, 6.07) is 9.82. The molecular weight excluding hydrogens is 264 g/mol. The Balaban J connectivity index is 2.14. The van der Waals surface area contributed by atoms with Crippen molar-refractivity contribution < 1.29 is 9.53 Å². The number of nitrogens with zero attached hydrogens (tertiary/aromatic N) is 2. The molecular formula is C17H18N2O2. The Kier molecular flexibility index (Phi) is 3.29. The molecule has 0 aliphatic carbocycles. The molecule has 0 saturated heterocycles. The highest BCUT2D eigenvalue weighted by Crippen LogP contribution is 2.30. The third kappa shape index (κ3) is 2.23. The topological polar surface area (TPSA) is 34.5 Å². The SMILES string of the molecule is COc1ccc(C2=CCN(C)C(=O)c3ccn(C)c32)cc1. The summed E-state index contributed by atoms with van der Waals surface area (Å²) in [6.45, 7) is 0.606.